The topological polar surface area (TPSA) is 29.5 Å². The fourth-order valence-corrected chi connectivity index (χ4v) is 5.05. The van der Waals surface area contributed by atoms with E-state index in [0.717, 1.165) is 18.6 Å². The van der Waals surface area contributed by atoms with E-state index >= 15 is 0 Å². The number of hydrogen-bond acceptors (Lipinski definition) is 3. The van der Waals surface area contributed by atoms with Crippen LogP contribution in [0.15, 0.2) is 54.6 Å². The van der Waals surface area contributed by atoms with Gasteiger partial charge in [0.15, 0.2) is 0 Å². The molecule has 2 aromatic rings. The number of ether oxygens (including phenoxy) is 1. The number of anilines is 1. The Balaban J connectivity index is 1.82. The minimum Gasteiger partial charge on any atom is -0.497 e. The molecule has 26 heavy (non-hydrogen) atoms. The van der Waals surface area contributed by atoms with Gasteiger partial charge >= 0.3 is 0 Å². The maximum absolute atomic E-state index is 13.0. The summed E-state index contributed by atoms with van der Waals surface area (Å²) in [7, 11) is 1.69. The lowest BCUT2D eigenvalue weighted by Crippen LogP contribution is -2.61. The Kier molecular flexibility index (Phi) is 4.47. The Labute approximate surface area is 156 Å². The second-order valence-corrected chi connectivity index (χ2v) is 7.82. The summed E-state index contributed by atoms with van der Waals surface area (Å²) < 4.78 is 5.34. The summed E-state index contributed by atoms with van der Waals surface area (Å²) in [4.78, 5) is 15.6. The van der Waals surface area contributed by atoms with Crippen molar-refractivity contribution in [1.29, 1.82) is 0 Å². The lowest BCUT2D eigenvalue weighted by molar-refractivity contribution is -0.129. The van der Waals surface area contributed by atoms with E-state index in [4.69, 9.17) is 4.74 Å². The highest BCUT2D eigenvalue weighted by Gasteiger charge is 2.51. The minimum atomic E-state index is -0.122. The highest BCUT2D eigenvalue weighted by atomic mass is 16.5. The van der Waals surface area contributed by atoms with E-state index in [1.807, 2.05) is 18.2 Å². The second kappa shape index (κ2) is 6.79. The summed E-state index contributed by atoms with van der Waals surface area (Å²) >= 11 is 0. The van der Waals surface area contributed by atoms with E-state index in [-0.39, 0.29) is 17.5 Å². The molecule has 3 heteroatoms. The van der Waals surface area contributed by atoms with E-state index in [0.29, 0.717) is 12.2 Å². The molecule has 0 N–H and O–H groups in total. The van der Waals surface area contributed by atoms with Crippen LogP contribution in [0.4, 0.5) is 5.69 Å². The molecular formula is C23H27NO2. The zero-order valence-corrected chi connectivity index (χ0v) is 15.7. The number of Topliss-reactive ketones (excluding diaryl/α,β-unsaturated/α-hetero) is 1. The van der Waals surface area contributed by atoms with Crippen LogP contribution in [-0.4, -0.2) is 18.4 Å². The van der Waals surface area contributed by atoms with Gasteiger partial charge in [-0.2, -0.15) is 0 Å². The maximum atomic E-state index is 13.0. The number of nitrogens with zero attached hydrogens (tertiary/aromatic N) is 1. The van der Waals surface area contributed by atoms with Crippen molar-refractivity contribution in [2.24, 2.45) is 5.92 Å². The van der Waals surface area contributed by atoms with Gasteiger partial charge in [-0.25, -0.2) is 0 Å². The second-order valence-electron chi connectivity index (χ2n) is 7.82. The molecule has 0 spiro atoms. The average Bonchev–Trinajstić information content (AvgIpc) is 2.68. The molecule has 3 nitrogen and oxygen atoms in total. The Bertz CT molecular complexity index is 771. The quantitative estimate of drug-likeness (QED) is 0.766. The number of rotatable bonds is 3. The van der Waals surface area contributed by atoms with Crippen molar-refractivity contribution in [1.82, 2.24) is 0 Å². The summed E-state index contributed by atoms with van der Waals surface area (Å²) in [5.74, 6) is 1.44. The van der Waals surface area contributed by atoms with Gasteiger partial charge in [0.25, 0.3) is 0 Å². The fourth-order valence-electron chi connectivity index (χ4n) is 5.05. The molecule has 1 heterocycles. The minimum absolute atomic E-state index is 0.0939. The molecule has 0 bridgehead atoms. The number of carbonyl (C=O) groups excluding carboxylic acids is 1. The third-order valence-electron chi connectivity index (χ3n) is 6.36. The average molecular weight is 349 g/mol. The largest absolute Gasteiger partial charge is 0.497 e. The molecule has 0 aromatic heterocycles. The zero-order valence-electron chi connectivity index (χ0n) is 15.7. The molecule has 1 aliphatic heterocycles. The molecule has 2 aliphatic rings. The summed E-state index contributed by atoms with van der Waals surface area (Å²) in [6.45, 7) is 2.30. The van der Waals surface area contributed by atoms with Gasteiger partial charge in [0.1, 0.15) is 11.5 Å². The highest BCUT2D eigenvalue weighted by Crippen LogP contribution is 2.50. The molecule has 3 atom stereocenters. The molecule has 1 aliphatic carbocycles. The van der Waals surface area contributed by atoms with Crippen LogP contribution in [-0.2, 0) is 4.79 Å². The van der Waals surface area contributed by atoms with E-state index in [1.54, 1.807) is 7.11 Å². The molecular weight excluding hydrogens is 322 g/mol. The molecule has 136 valence electrons. The number of ketones is 1. The summed E-state index contributed by atoms with van der Waals surface area (Å²) in [6.07, 6.45) is 5.03. The van der Waals surface area contributed by atoms with Gasteiger partial charge in [0.2, 0.25) is 0 Å². The molecule has 0 unspecified atom stereocenters. The maximum Gasteiger partial charge on any atom is 0.140 e. The van der Waals surface area contributed by atoms with Crippen LogP contribution in [0.25, 0.3) is 0 Å². The number of methoxy groups -OCH3 is 1. The van der Waals surface area contributed by atoms with Crippen LogP contribution in [0.5, 0.6) is 5.75 Å². The first-order chi connectivity index (χ1) is 12.6. The highest BCUT2D eigenvalue weighted by molar-refractivity contribution is 5.86. The standard InChI is InChI=1S/C23H27NO2/c1-23-15-7-6-10-20(23)22(25)16-21(17-8-4-3-5-9-17)24(23)18-11-13-19(26-2)14-12-18/h3-5,8-9,11-14,20-21H,6-7,10,15-16H2,1-2H3/t20-,21-,23-/m0/s1. The molecule has 1 saturated heterocycles. The van der Waals surface area contributed by atoms with Crippen LogP contribution < -0.4 is 9.64 Å². The van der Waals surface area contributed by atoms with Crippen LogP contribution in [0.2, 0.25) is 0 Å². The van der Waals surface area contributed by atoms with Gasteiger partial charge in [0.05, 0.1) is 13.2 Å². The summed E-state index contributed by atoms with van der Waals surface area (Å²) in [5.41, 5.74) is 2.28. The first-order valence-corrected chi connectivity index (χ1v) is 9.64. The SMILES string of the molecule is COc1ccc(N2[C@H](c3ccccc3)CC(=O)[C@@H]3CCCC[C@@]32C)cc1. The van der Waals surface area contributed by atoms with Crippen molar-refractivity contribution in [2.75, 3.05) is 12.0 Å². The molecule has 0 radical (unpaired) electrons. The first kappa shape index (κ1) is 17.1. The van der Waals surface area contributed by atoms with Gasteiger partial charge in [-0.15, -0.1) is 0 Å². The number of carbonyl (C=O) groups is 1. The predicted octanol–water partition coefficient (Wildman–Crippen LogP) is 5.16. The normalized spacial score (nSPS) is 28.5. The van der Waals surface area contributed by atoms with Gasteiger partial charge in [0, 0.05) is 23.6 Å². The third-order valence-corrected chi connectivity index (χ3v) is 6.36. The Morgan fingerprint density at radius 1 is 1.04 bits per heavy atom. The van der Waals surface area contributed by atoms with Crippen molar-refractivity contribution in [3.63, 3.8) is 0 Å². The van der Waals surface area contributed by atoms with Crippen LogP contribution >= 0.6 is 0 Å². The van der Waals surface area contributed by atoms with Crippen LogP contribution in [0.3, 0.4) is 0 Å². The van der Waals surface area contributed by atoms with Crippen molar-refractivity contribution in [3.05, 3.63) is 60.2 Å². The summed E-state index contributed by atoms with van der Waals surface area (Å²) in [6, 6.07) is 18.9. The molecule has 1 saturated carbocycles. The smallest absolute Gasteiger partial charge is 0.140 e. The van der Waals surface area contributed by atoms with Crippen molar-refractivity contribution in [2.45, 2.75) is 50.6 Å². The lowest BCUT2D eigenvalue weighted by atomic mass is 9.65. The van der Waals surface area contributed by atoms with E-state index < -0.39 is 0 Å². The van der Waals surface area contributed by atoms with Crippen molar-refractivity contribution in [3.8, 4) is 5.75 Å². The van der Waals surface area contributed by atoms with Crippen molar-refractivity contribution >= 4 is 11.5 Å². The van der Waals surface area contributed by atoms with E-state index in [2.05, 4.69) is 48.2 Å². The van der Waals surface area contributed by atoms with Gasteiger partial charge in [-0.1, -0.05) is 43.2 Å². The lowest BCUT2D eigenvalue weighted by Gasteiger charge is -2.56. The van der Waals surface area contributed by atoms with Crippen LogP contribution in [0, 0.1) is 5.92 Å². The predicted molar refractivity (Wildman–Crippen MR) is 105 cm³/mol. The zero-order chi connectivity index (χ0) is 18.1. The van der Waals surface area contributed by atoms with Crippen LogP contribution in [0.1, 0.15) is 50.6 Å². The number of fused-ring (bicyclic) bond motifs is 1. The Morgan fingerprint density at radius 3 is 2.46 bits per heavy atom. The molecule has 0 amide bonds. The van der Waals surface area contributed by atoms with Gasteiger partial charge in [-0.3, -0.25) is 4.79 Å². The molecule has 4 rings (SSSR count). The third kappa shape index (κ3) is 2.80. The van der Waals surface area contributed by atoms with Gasteiger partial charge in [-0.05, 0) is 49.6 Å². The summed E-state index contributed by atoms with van der Waals surface area (Å²) in [5, 5.41) is 0. The van der Waals surface area contributed by atoms with Gasteiger partial charge < -0.3 is 9.64 Å². The fraction of sp³-hybridized carbons (Fsp3) is 0.435. The van der Waals surface area contributed by atoms with E-state index in [1.165, 1.54) is 24.1 Å². The van der Waals surface area contributed by atoms with E-state index in [9.17, 15) is 4.79 Å². The Hall–Kier alpha value is -2.29. The molecule has 2 fully saturated rings. The molecule has 2 aromatic carbocycles. The number of piperidine rings is 1. The monoisotopic (exact) mass is 349 g/mol. The Morgan fingerprint density at radius 2 is 1.77 bits per heavy atom. The number of benzene rings is 2. The first-order valence-electron chi connectivity index (χ1n) is 9.64. The van der Waals surface area contributed by atoms with Crippen molar-refractivity contribution < 1.29 is 9.53 Å². The number of hydrogen-bond donors (Lipinski definition) is 0.